The van der Waals surface area contributed by atoms with E-state index in [-0.39, 0.29) is 18.0 Å². The molecule has 2 atom stereocenters. The zero-order valence-electron chi connectivity index (χ0n) is 14.4. The highest BCUT2D eigenvalue weighted by Crippen LogP contribution is 2.32. The van der Waals surface area contributed by atoms with Gasteiger partial charge in [0.05, 0.1) is 23.2 Å². The number of hydrogen-bond donors (Lipinski definition) is 2. The van der Waals surface area contributed by atoms with Crippen molar-refractivity contribution in [2.24, 2.45) is 0 Å². The molecule has 0 saturated carbocycles. The number of piperidine rings is 1. The number of rotatable bonds is 3. The zero-order valence-corrected chi connectivity index (χ0v) is 15.2. The van der Waals surface area contributed by atoms with Crippen molar-refractivity contribution in [2.75, 3.05) is 13.2 Å². The Bertz CT molecular complexity index is 949. The van der Waals surface area contributed by atoms with Crippen LogP contribution in [0.1, 0.15) is 38.3 Å². The Kier molecular flexibility index (Phi) is 5.01. The number of nitrogens with one attached hydrogen (secondary N) is 2. The van der Waals surface area contributed by atoms with Crippen LogP contribution in [0.3, 0.4) is 0 Å². The quantitative estimate of drug-likeness (QED) is 0.751. The van der Waals surface area contributed by atoms with Gasteiger partial charge >= 0.3 is 0 Å². The largest absolute Gasteiger partial charge is 0.493 e. The number of halogens is 1. The molecule has 2 aromatic heterocycles. The number of fused-ring (bicyclic) bond motifs is 3. The first-order chi connectivity index (χ1) is 11.7. The van der Waals surface area contributed by atoms with E-state index in [1.807, 2.05) is 29.6 Å². The fourth-order valence-electron chi connectivity index (χ4n) is 3.72. The van der Waals surface area contributed by atoms with Crippen LogP contribution < -0.4 is 15.6 Å². The molecule has 0 bridgehead atoms. The molecule has 0 radical (unpaired) electrons. The number of ether oxygens (including phenoxy) is 1. The maximum absolute atomic E-state index is 12.3. The number of H-pyrrole nitrogens is 1. The van der Waals surface area contributed by atoms with Gasteiger partial charge in [-0.05, 0) is 45.4 Å². The highest BCUT2D eigenvalue weighted by atomic mass is 35.5. The molecule has 0 amide bonds. The lowest BCUT2D eigenvalue weighted by atomic mass is 9.90. The van der Waals surface area contributed by atoms with Crippen LogP contribution in [0.4, 0.5) is 0 Å². The van der Waals surface area contributed by atoms with Crippen LogP contribution in [-0.2, 0) is 0 Å². The number of nitrogens with zero attached hydrogens (tertiary/aromatic N) is 2. The summed E-state index contributed by atoms with van der Waals surface area (Å²) in [5.41, 5.74) is 2.46. The highest BCUT2D eigenvalue weighted by molar-refractivity contribution is 5.97. The molecule has 0 unspecified atom stereocenters. The topological polar surface area (TPSA) is 71.4 Å². The second-order valence-corrected chi connectivity index (χ2v) is 6.48. The van der Waals surface area contributed by atoms with E-state index in [1.54, 1.807) is 6.07 Å². The van der Waals surface area contributed by atoms with E-state index in [9.17, 15) is 4.79 Å². The Balaban J connectivity index is 0.00000182. The maximum atomic E-state index is 12.3. The van der Waals surface area contributed by atoms with Gasteiger partial charge in [-0.15, -0.1) is 12.4 Å². The van der Waals surface area contributed by atoms with Gasteiger partial charge in [-0.2, -0.15) is 5.10 Å². The van der Waals surface area contributed by atoms with Crippen LogP contribution in [0, 0.1) is 0 Å². The number of aromatic nitrogens is 3. The Hall–Kier alpha value is -2.05. The van der Waals surface area contributed by atoms with E-state index in [2.05, 4.69) is 17.2 Å². The van der Waals surface area contributed by atoms with Crippen molar-refractivity contribution in [3.63, 3.8) is 0 Å². The zero-order chi connectivity index (χ0) is 16.7. The summed E-state index contributed by atoms with van der Waals surface area (Å²) in [4.78, 5) is 15.2. The number of benzene rings is 1. The molecule has 1 saturated heterocycles. The van der Waals surface area contributed by atoms with Crippen LogP contribution in [0.15, 0.2) is 29.1 Å². The van der Waals surface area contributed by atoms with Gasteiger partial charge in [0.2, 0.25) is 0 Å². The minimum Gasteiger partial charge on any atom is -0.493 e. The van der Waals surface area contributed by atoms with Crippen molar-refractivity contribution in [1.29, 1.82) is 0 Å². The van der Waals surface area contributed by atoms with Gasteiger partial charge in [0.15, 0.2) is 0 Å². The monoisotopic (exact) mass is 362 g/mol. The molecule has 3 aromatic rings. The maximum Gasteiger partial charge on any atom is 0.251 e. The van der Waals surface area contributed by atoms with Crippen molar-refractivity contribution in [2.45, 2.75) is 38.6 Å². The Morgan fingerprint density at radius 1 is 1.40 bits per heavy atom. The summed E-state index contributed by atoms with van der Waals surface area (Å²) in [5.74, 6) is 1.09. The van der Waals surface area contributed by atoms with Crippen LogP contribution in [0.25, 0.3) is 16.6 Å². The number of aromatic amines is 1. The molecule has 4 rings (SSSR count). The summed E-state index contributed by atoms with van der Waals surface area (Å²) >= 11 is 0. The smallest absolute Gasteiger partial charge is 0.251 e. The average molecular weight is 363 g/mol. The number of hydrogen-bond acceptors (Lipinski definition) is 4. The molecule has 0 aliphatic carbocycles. The molecule has 3 heterocycles. The third-order valence-corrected chi connectivity index (χ3v) is 4.77. The summed E-state index contributed by atoms with van der Waals surface area (Å²) < 4.78 is 7.64. The van der Waals surface area contributed by atoms with Gasteiger partial charge in [0.1, 0.15) is 11.4 Å². The minimum absolute atomic E-state index is 0. The first-order valence-electron chi connectivity index (χ1n) is 8.58. The molecule has 2 N–H and O–H groups in total. The third kappa shape index (κ3) is 3.12. The van der Waals surface area contributed by atoms with Crippen molar-refractivity contribution in [1.82, 2.24) is 19.9 Å². The lowest BCUT2D eigenvalue weighted by molar-refractivity contribution is 0.344. The van der Waals surface area contributed by atoms with Crippen LogP contribution in [0.5, 0.6) is 5.75 Å². The molecular formula is C18H23ClN4O2. The lowest BCUT2D eigenvalue weighted by Crippen LogP contribution is -2.35. The Labute approximate surface area is 152 Å². The molecule has 134 valence electrons. The Morgan fingerprint density at radius 3 is 3.00 bits per heavy atom. The first kappa shape index (κ1) is 17.8. The SMILES string of the molecule is CCOc1cccc2nn3c([C@H]4CCN[C@H](C)C4)cc(=O)[nH]c3c12.Cl. The summed E-state index contributed by atoms with van der Waals surface area (Å²) in [5, 5.41) is 9.08. The summed E-state index contributed by atoms with van der Waals surface area (Å²) in [6.07, 6.45) is 2.02. The molecule has 6 nitrogen and oxygen atoms in total. The van der Waals surface area contributed by atoms with E-state index < -0.39 is 0 Å². The van der Waals surface area contributed by atoms with E-state index in [0.29, 0.717) is 18.6 Å². The molecule has 1 aliphatic heterocycles. The molecule has 1 fully saturated rings. The highest BCUT2D eigenvalue weighted by Gasteiger charge is 2.24. The van der Waals surface area contributed by atoms with Gasteiger partial charge in [-0.1, -0.05) is 6.07 Å². The predicted octanol–water partition coefficient (Wildman–Crippen LogP) is 2.85. The van der Waals surface area contributed by atoms with E-state index >= 15 is 0 Å². The van der Waals surface area contributed by atoms with Crippen LogP contribution in [0.2, 0.25) is 0 Å². The van der Waals surface area contributed by atoms with Gasteiger partial charge in [0, 0.05) is 18.0 Å². The van der Waals surface area contributed by atoms with Crippen molar-refractivity contribution in [3.05, 3.63) is 40.3 Å². The van der Waals surface area contributed by atoms with Crippen LogP contribution >= 0.6 is 12.4 Å². The first-order valence-corrected chi connectivity index (χ1v) is 8.58. The van der Waals surface area contributed by atoms with Gasteiger partial charge in [-0.25, -0.2) is 4.52 Å². The van der Waals surface area contributed by atoms with E-state index in [4.69, 9.17) is 9.84 Å². The fourth-order valence-corrected chi connectivity index (χ4v) is 3.72. The lowest BCUT2D eigenvalue weighted by Gasteiger charge is -2.28. The summed E-state index contributed by atoms with van der Waals surface area (Å²) in [6.45, 7) is 5.68. The summed E-state index contributed by atoms with van der Waals surface area (Å²) in [6, 6.07) is 7.96. The molecular weight excluding hydrogens is 340 g/mol. The Morgan fingerprint density at radius 2 is 2.24 bits per heavy atom. The van der Waals surface area contributed by atoms with Crippen molar-refractivity contribution < 1.29 is 4.74 Å². The predicted molar refractivity (Wildman–Crippen MR) is 101 cm³/mol. The molecule has 0 spiro atoms. The minimum atomic E-state index is -0.0863. The van der Waals surface area contributed by atoms with Crippen LogP contribution in [-0.4, -0.2) is 33.8 Å². The third-order valence-electron chi connectivity index (χ3n) is 4.77. The van der Waals surface area contributed by atoms with E-state index in [1.165, 1.54) is 0 Å². The standard InChI is InChI=1S/C18H22N4O2.ClH/c1-3-24-15-6-4-5-13-17(15)18-20-16(23)10-14(22(18)21-13)12-7-8-19-11(2)9-12;/h4-6,10-12,19H,3,7-9H2,1-2H3,(H,20,23);1H/t11-,12+;/m1./s1. The van der Waals surface area contributed by atoms with Crippen molar-refractivity contribution >= 4 is 29.0 Å². The van der Waals surface area contributed by atoms with E-state index in [0.717, 1.165) is 47.4 Å². The second-order valence-electron chi connectivity index (χ2n) is 6.48. The van der Waals surface area contributed by atoms with Gasteiger partial charge in [-0.3, -0.25) is 4.79 Å². The second kappa shape index (κ2) is 7.06. The van der Waals surface area contributed by atoms with Gasteiger partial charge in [0.25, 0.3) is 5.56 Å². The molecule has 7 heteroatoms. The average Bonchev–Trinajstić information content (AvgIpc) is 2.94. The summed E-state index contributed by atoms with van der Waals surface area (Å²) in [7, 11) is 0. The molecule has 1 aromatic carbocycles. The van der Waals surface area contributed by atoms with Crippen molar-refractivity contribution in [3.8, 4) is 5.75 Å². The normalized spacial score (nSPS) is 20.6. The van der Waals surface area contributed by atoms with Gasteiger partial charge < -0.3 is 15.0 Å². The molecule has 1 aliphatic rings. The molecule has 25 heavy (non-hydrogen) atoms. The fraction of sp³-hybridized carbons (Fsp3) is 0.444.